The van der Waals surface area contributed by atoms with E-state index in [2.05, 4.69) is 39.0 Å². The number of hydrogen-bond donors (Lipinski definition) is 0. The monoisotopic (exact) mass is 190 g/mol. The average molecular weight is 190 g/mol. The molecule has 2 rings (SSSR count). The Hall–Kier alpha value is -0.850. The van der Waals surface area contributed by atoms with Crippen molar-refractivity contribution in [3.8, 4) is 0 Å². The molecule has 0 aliphatic heterocycles. The van der Waals surface area contributed by atoms with Crippen LogP contribution in [0.4, 0.5) is 0 Å². The third-order valence-corrected chi connectivity index (χ3v) is 4.01. The molecule has 0 unspecified atom stereocenters. The van der Waals surface area contributed by atoms with E-state index in [-0.39, 0.29) is 16.6 Å². The maximum absolute atomic E-state index is 11.8. The number of rotatable bonds is 0. The molecular formula is C13H18O. The summed E-state index contributed by atoms with van der Waals surface area (Å²) in [6.07, 6.45) is 10.5. The number of fused-ring (bicyclic) bond motifs is 1. The maximum Gasteiger partial charge on any atom is 0.161 e. The minimum absolute atomic E-state index is 0.186. The molecule has 0 radical (unpaired) electrons. The van der Waals surface area contributed by atoms with Crippen LogP contribution in [-0.4, -0.2) is 5.78 Å². The van der Waals surface area contributed by atoms with Crippen molar-refractivity contribution < 1.29 is 4.79 Å². The number of hydrogen-bond acceptors (Lipinski definition) is 1. The lowest BCUT2D eigenvalue weighted by Crippen LogP contribution is -2.45. The summed E-state index contributed by atoms with van der Waals surface area (Å²) in [6, 6.07) is 0. The predicted octanol–water partition coefficient (Wildman–Crippen LogP) is 3.12. The zero-order chi connectivity index (χ0) is 10.4. The van der Waals surface area contributed by atoms with Gasteiger partial charge in [0.1, 0.15) is 0 Å². The van der Waals surface area contributed by atoms with Gasteiger partial charge in [-0.1, -0.05) is 39.0 Å². The lowest BCUT2D eigenvalue weighted by Gasteiger charge is -2.47. The van der Waals surface area contributed by atoms with Crippen LogP contribution in [0.5, 0.6) is 0 Å². The largest absolute Gasteiger partial charge is 0.294 e. The SMILES string of the molecule is CC1(C)C(=O)C=C[C@]2(C)CC=CC[C@H]12. The average Bonchev–Trinajstić information content (AvgIpc) is 2.13. The summed E-state index contributed by atoms with van der Waals surface area (Å²) in [5.41, 5.74) is 0.0143. The molecule has 76 valence electrons. The molecule has 0 aromatic heterocycles. The number of carbonyl (C=O) groups is 1. The minimum Gasteiger partial charge on any atom is -0.294 e. The van der Waals surface area contributed by atoms with Gasteiger partial charge in [0.05, 0.1) is 0 Å². The second-order valence-corrected chi connectivity index (χ2v) is 5.39. The second-order valence-electron chi connectivity index (χ2n) is 5.39. The number of carbonyl (C=O) groups excluding carboxylic acids is 1. The highest BCUT2D eigenvalue weighted by molar-refractivity contribution is 5.95. The van der Waals surface area contributed by atoms with E-state index in [9.17, 15) is 4.79 Å². The molecule has 0 N–H and O–H groups in total. The van der Waals surface area contributed by atoms with E-state index in [4.69, 9.17) is 0 Å². The first-order chi connectivity index (χ1) is 6.47. The first-order valence-corrected chi connectivity index (χ1v) is 5.35. The summed E-state index contributed by atoms with van der Waals surface area (Å²) in [7, 11) is 0. The van der Waals surface area contributed by atoms with E-state index in [0.717, 1.165) is 12.8 Å². The summed E-state index contributed by atoms with van der Waals surface area (Å²) >= 11 is 0. The minimum atomic E-state index is -0.186. The lowest BCUT2D eigenvalue weighted by atomic mass is 9.55. The molecule has 0 bridgehead atoms. The molecule has 0 spiro atoms. The third kappa shape index (κ3) is 1.18. The molecule has 0 aromatic rings. The van der Waals surface area contributed by atoms with Gasteiger partial charge in [-0.05, 0) is 30.3 Å². The Kier molecular flexibility index (Phi) is 1.95. The van der Waals surface area contributed by atoms with Crippen molar-refractivity contribution in [2.45, 2.75) is 33.6 Å². The molecular weight excluding hydrogens is 172 g/mol. The van der Waals surface area contributed by atoms with Gasteiger partial charge in [0.25, 0.3) is 0 Å². The smallest absolute Gasteiger partial charge is 0.161 e. The molecule has 1 nitrogen and oxygen atoms in total. The molecule has 0 saturated carbocycles. The molecule has 1 heteroatoms. The van der Waals surface area contributed by atoms with Gasteiger partial charge in [0.2, 0.25) is 0 Å². The molecule has 2 aliphatic carbocycles. The summed E-state index contributed by atoms with van der Waals surface area (Å²) in [6.45, 7) is 6.44. The van der Waals surface area contributed by atoms with Crippen LogP contribution in [0.3, 0.4) is 0 Å². The molecule has 0 fully saturated rings. The van der Waals surface area contributed by atoms with E-state index >= 15 is 0 Å². The zero-order valence-corrected chi connectivity index (χ0v) is 9.21. The van der Waals surface area contributed by atoms with Crippen molar-refractivity contribution in [3.05, 3.63) is 24.3 Å². The maximum atomic E-state index is 11.8. The molecule has 0 aromatic carbocycles. The Morgan fingerprint density at radius 1 is 1.29 bits per heavy atom. The zero-order valence-electron chi connectivity index (χ0n) is 9.21. The highest BCUT2D eigenvalue weighted by Crippen LogP contribution is 2.51. The Labute approximate surface area is 85.9 Å². The van der Waals surface area contributed by atoms with Crippen LogP contribution in [0.25, 0.3) is 0 Å². The quantitative estimate of drug-likeness (QED) is 0.536. The first-order valence-electron chi connectivity index (χ1n) is 5.35. The van der Waals surface area contributed by atoms with Crippen LogP contribution in [0.1, 0.15) is 33.6 Å². The summed E-state index contributed by atoms with van der Waals surface area (Å²) in [4.78, 5) is 11.8. The lowest BCUT2D eigenvalue weighted by molar-refractivity contribution is -0.128. The molecule has 2 atom stereocenters. The van der Waals surface area contributed by atoms with E-state index in [1.54, 1.807) is 6.08 Å². The van der Waals surface area contributed by atoms with Crippen molar-refractivity contribution in [1.82, 2.24) is 0 Å². The normalized spacial score (nSPS) is 39.6. The van der Waals surface area contributed by atoms with Gasteiger partial charge < -0.3 is 0 Å². The van der Waals surface area contributed by atoms with Gasteiger partial charge in [-0.15, -0.1) is 0 Å². The second kappa shape index (κ2) is 2.82. The highest BCUT2D eigenvalue weighted by atomic mass is 16.1. The Bertz CT molecular complexity index is 322. The number of ketones is 1. The van der Waals surface area contributed by atoms with Gasteiger partial charge >= 0.3 is 0 Å². The molecule has 0 amide bonds. The standard InChI is InChI=1S/C13H18O/c1-12(2)10-6-4-5-8-13(10,3)9-7-11(12)14/h4-5,7,9-10H,6,8H2,1-3H3/t10-,13+/m1/s1. The fourth-order valence-electron chi connectivity index (χ4n) is 2.94. The van der Waals surface area contributed by atoms with Gasteiger partial charge in [0, 0.05) is 5.41 Å². The van der Waals surface area contributed by atoms with Crippen molar-refractivity contribution >= 4 is 5.78 Å². The topological polar surface area (TPSA) is 17.1 Å². The Balaban J connectivity index is 2.46. The molecule has 0 heterocycles. The van der Waals surface area contributed by atoms with Gasteiger partial charge in [0.15, 0.2) is 5.78 Å². The van der Waals surface area contributed by atoms with Crippen LogP contribution >= 0.6 is 0 Å². The van der Waals surface area contributed by atoms with E-state index < -0.39 is 0 Å². The van der Waals surface area contributed by atoms with E-state index in [0.29, 0.717) is 5.92 Å². The molecule has 2 aliphatic rings. The van der Waals surface area contributed by atoms with Crippen LogP contribution in [0.15, 0.2) is 24.3 Å². The fourth-order valence-corrected chi connectivity index (χ4v) is 2.94. The van der Waals surface area contributed by atoms with E-state index in [1.807, 2.05) is 0 Å². The third-order valence-electron chi connectivity index (χ3n) is 4.01. The van der Waals surface area contributed by atoms with Crippen molar-refractivity contribution in [1.29, 1.82) is 0 Å². The van der Waals surface area contributed by atoms with Gasteiger partial charge in [-0.3, -0.25) is 4.79 Å². The molecule has 0 saturated heterocycles. The van der Waals surface area contributed by atoms with Crippen molar-refractivity contribution in [2.75, 3.05) is 0 Å². The van der Waals surface area contributed by atoms with Crippen LogP contribution < -0.4 is 0 Å². The first kappa shape index (κ1) is 9.70. The highest BCUT2D eigenvalue weighted by Gasteiger charge is 2.47. The summed E-state index contributed by atoms with van der Waals surface area (Å²) in [5, 5.41) is 0. The predicted molar refractivity (Wildman–Crippen MR) is 57.9 cm³/mol. The Morgan fingerprint density at radius 3 is 2.71 bits per heavy atom. The number of allylic oxidation sites excluding steroid dienone is 4. The van der Waals surface area contributed by atoms with Crippen molar-refractivity contribution in [2.24, 2.45) is 16.7 Å². The van der Waals surface area contributed by atoms with Crippen LogP contribution in [-0.2, 0) is 4.79 Å². The Morgan fingerprint density at radius 2 is 2.00 bits per heavy atom. The van der Waals surface area contributed by atoms with Crippen LogP contribution in [0.2, 0.25) is 0 Å². The molecule has 14 heavy (non-hydrogen) atoms. The van der Waals surface area contributed by atoms with E-state index in [1.165, 1.54) is 0 Å². The van der Waals surface area contributed by atoms with Gasteiger partial charge in [-0.25, -0.2) is 0 Å². The van der Waals surface area contributed by atoms with Crippen molar-refractivity contribution in [3.63, 3.8) is 0 Å². The van der Waals surface area contributed by atoms with Gasteiger partial charge in [-0.2, -0.15) is 0 Å². The van der Waals surface area contributed by atoms with Crippen LogP contribution in [0, 0.1) is 16.7 Å². The summed E-state index contributed by atoms with van der Waals surface area (Å²) in [5.74, 6) is 0.757. The summed E-state index contributed by atoms with van der Waals surface area (Å²) < 4.78 is 0. The fraction of sp³-hybridized carbons (Fsp3) is 0.615.